The van der Waals surface area contributed by atoms with Gasteiger partial charge in [0.2, 0.25) is 0 Å². The number of nitrogens with one attached hydrogen (secondary N) is 1. The maximum Gasteiger partial charge on any atom is 0.130 e. The van der Waals surface area contributed by atoms with Crippen molar-refractivity contribution < 1.29 is 9.13 Å². The van der Waals surface area contributed by atoms with Gasteiger partial charge in [-0.25, -0.2) is 4.39 Å². The van der Waals surface area contributed by atoms with Crippen LogP contribution in [0.15, 0.2) is 6.07 Å². The summed E-state index contributed by atoms with van der Waals surface area (Å²) >= 11 is 0. The van der Waals surface area contributed by atoms with Gasteiger partial charge in [-0.05, 0) is 62.9 Å². The first-order valence-corrected chi connectivity index (χ1v) is 6.19. The highest BCUT2D eigenvalue weighted by Crippen LogP contribution is 2.35. The largest absolute Gasteiger partial charge is 0.496 e. The topological polar surface area (TPSA) is 21.3 Å². The number of hydrogen-bond donors (Lipinski definition) is 1. The number of methoxy groups -OCH3 is 1. The first-order chi connectivity index (χ1) is 8.15. The molecule has 1 heterocycles. The van der Waals surface area contributed by atoms with Crippen molar-refractivity contribution in [1.82, 2.24) is 5.32 Å². The van der Waals surface area contributed by atoms with Crippen molar-refractivity contribution in [2.75, 3.05) is 20.2 Å². The summed E-state index contributed by atoms with van der Waals surface area (Å²) in [6.45, 7) is 5.83. The van der Waals surface area contributed by atoms with Gasteiger partial charge in [-0.2, -0.15) is 0 Å². The Morgan fingerprint density at radius 3 is 2.47 bits per heavy atom. The Kier molecular flexibility index (Phi) is 3.67. The molecule has 0 aliphatic carbocycles. The smallest absolute Gasteiger partial charge is 0.130 e. The molecule has 17 heavy (non-hydrogen) atoms. The van der Waals surface area contributed by atoms with E-state index in [2.05, 4.69) is 5.32 Å². The normalized spacial score (nSPS) is 17.2. The Morgan fingerprint density at radius 2 is 1.88 bits per heavy atom. The van der Waals surface area contributed by atoms with E-state index in [1.165, 1.54) is 0 Å². The van der Waals surface area contributed by atoms with Crippen LogP contribution in [0.4, 0.5) is 4.39 Å². The molecule has 2 nitrogen and oxygen atoms in total. The first kappa shape index (κ1) is 12.4. The molecule has 1 aliphatic heterocycles. The number of piperidine rings is 1. The van der Waals surface area contributed by atoms with Gasteiger partial charge >= 0.3 is 0 Å². The van der Waals surface area contributed by atoms with Gasteiger partial charge in [0, 0.05) is 5.56 Å². The number of hydrogen-bond acceptors (Lipinski definition) is 2. The molecule has 0 radical (unpaired) electrons. The highest BCUT2D eigenvalue weighted by Gasteiger charge is 2.21. The predicted molar refractivity (Wildman–Crippen MR) is 67.3 cm³/mol. The third-order valence-corrected chi connectivity index (χ3v) is 3.74. The van der Waals surface area contributed by atoms with Crippen LogP contribution in [0.2, 0.25) is 0 Å². The van der Waals surface area contributed by atoms with E-state index in [4.69, 9.17) is 4.74 Å². The molecule has 0 amide bonds. The number of halogens is 1. The van der Waals surface area contributed by atoms with Crippen LogP contribution < -0.4 is 10.1 Å². The van der Waals surface area contributed by atoms with Gasteiger partial charge < -0.3 is 10.1 Å². The molecule has 1 N–H and O–H groups in total. The third kappa shape index (κ3) is 2.29. The van der Waals surface area contributed by atoms with Gasteiger partial charge in [-0.3, -0.25) is 0 Å². The van der Waals surface area contributed by atoms with E-state index in [0.717, 1.165) is 37.1 Å². The Labute approximate surface area is 102 Å². The monoisotopic (exact) mass is 237 g/mol. The molecular formula is C14H20FNO. The van der Waals surface area contributed by atoms with Crippen LogP contribution in [0.3, 0.4) is 0 Å². The lowest BCUT2D eigenvalue weighted by atomic mass is 9.86. The molecular weight excluding hydrogens is 217 g/mol. The lowest BCUT2D eigenvalue weighted by Crippen LogP contribution is -2.27. The summed E-state index contributed by atoms with van der Waals surface area (Å²) in [6.07, 6.45) is 2.15. The summed E-state index contributed by atoms with van der Waals surface area (Å²) in [4.78, 5) is 0. The third-order valence-electron chi connectivity index (χ3n) is 3.74. The minimum Gasteiger partial charge on any atom is -0.496 e. The molecule has 2 rings (SSSR count). The van der Waals surface area contributed by atoms with E-state index in [-0.39, 0.29) is 5.82 Å². The van der Waals surface area contributed by atoms with Gasteiger partial charge in [-0.15, -0.1) is 0 Å². The van der Waals surface area contributed by atoms with Crippen LogP contribution in [0.1, 0.15) is 35.4 Å². The number of rotatable bonds is 2. The minimum absolute atomic E-state index is 0.152. The molecule has 1 aromatic carbocycles. The minimum atomic E-state index is -0.152. The molecule has 1 fully saturated rings. The zero-order valence-corrected chi connectivity index (χ0v) is 10.8. The Morgan fingerprint density at radius 1 is 1.24 bits per heavy atom. The Balaban J connectivity index is 2.42. The van der Waals surface area contributed by atoms with Crippen LogP contribution in [-0.4, -0.2) is 20.2 Å². The molecule has 0 atom stereocenters. The zero-order valence-electron chi connectivity index (χ0n) is 10.8. The van der Waals surface area contributed by atoms with Crippen molar-refractivity contribution in [2.45, 2.75) is 32.6 Å². The standard InChI is InChI=1S/C14H20FNO/c1-9-12(11-4-6-16-7-5-11)8-13(15)10(2)14(9)17-3/h8,11,16H,4-7H2,1-3H3. The van der Waals surface area contributed by atoms with Crippen molar-refractivity contribution in [2.24, 2.45) is 0 Å². The van der Waals surface area contributed by atoms with Gasteiger partial charge in [0.05, 0.1) is 7.11 Å². The van der Waals surface area contributed by atoms with Gasteiger partial charge in [-0.1, -0.05) is 0 Å². The zero-order chi connectivity index (χ0) is 12.4. The molecule has 0 aromatic heterocycles. The average Bonchev–Trinajstić information content (AvgIpc) is 2.36. The molecule has 94 valence electrons. The van der Waals surface area contributed by atoms with E-state index in [9.17, 15) is 4.39 Å². The summed E-state index contributed by atoms with van der Waals surface area (Å²) in [5.41, 5.74) is 2.83. The molecule has 1 aliphatic rings. The first-order valence-electron chi connectivity index (χ1n) is 6.19. The van der Waals surface area contributed by atoms with Crippen LogP contribution in [-0.2, 0) is 0 Å². The van der Waals surface area contributed by atoms with Crippen LogP contribution in [0, 0.1) is 19.7 Å². The van der Waals surface area contributed by atoms with Crippen molar-refractivity contribution in [3.8, 4) is 5.75 Å². The highest BCUT2D eigenvalue weighted by molar-refractivity contribution is 5.47. The van der Waals surface area contributed by atoms with Crippen LogP contribution in [0.25, 0.3) is 0 Å². The fourth-order valence-corrected chi connectivity index (χ4v) is 2.74. The fourth-order valence-electron chi connectivity index (χ4n) is 2.74. The van der Waals surface area contributed by atoms with Crippen molar-refractivity contribution in [1.29, 1.82) is 0 Å². The summed E-state index contributed by atoms with van der Waals surface area (Å²) in [5, 5.41) is 3.33. The second kappa shape index (κ2) is 5.05. The molecule has 3 heteroatoms. The summed E-state index contributed by atoms with van der Waals surface area (Å²) in [5.74, 6) is 1.01. The van der Waals surface area contributed by atoms with E-state index in [1.807, 2.05) is 6.92 Å². The van der Waals surface area contributed by atoms with E-state index < -0.39 is 0 Å². The average molecular weight is 237 g/mol. The van der Waals surface area contributed by atoms with E-state index in [0.29, 0.717) is 17.2 Å². The van der Waals surface area contributed by atoms with Crippen LogP contribution in [0.5, 0.6) is 5.75 Å². The fraction of sp³-hybridized carbons (Fsp3) is 0.571. The van der Waals surface area contributed by atoms with Gasteiger partial charge in [0.1, 0.15) is 11.6 Å². The number of ether oxygens (including phenoxy) is 1. The van der Waals surface area contributed by atoms with E-state index >= 15 is 0 Å². The van der Waals surface area contributed by atoms with Gasteiger partial charge in [0.15, 0.2) is 0 Å². The second-order valence-corrected chi connectivity index (χ2v) is 4.76. The molecule has 0 saturated carbocycles. The molecule has 0 unspecified atom stereocenters. The lowest BCUT2D eigenvalue weighted by Gasteiger charge is -2.26. The molecule has 0 spiro atoms. The SMILES string of the molecule is COc1c(C)c(F)cc(C2CCNCC2)c1C. The highest BCUT2D eigenvalue weighted by atomic mass is 19.1. The predicted octanol–water partition coefficient (Wildman–Crippen LogP) is 2.92. The Bertz CT molecular complexity index is 411. The molecule has 1 aromatic rings. The maximum atomic E-state index is 13.9. The Hall–Kier alpha value is -1.09. The second-order valence-electron chi connectivity index (χ2n) is 4.76. The molecule has 0 bridgehead atoms. The number of benzene rings is 1. The maximum absolute atomic E-state index is 13.9. The summed E-state index contributed by atoms with van der Waals surface area (Å²) < 4.78 is 19.2. The lowest BCUT2D eigenvalue weighted by molar-refractivity contribution is 0.399. The van der Waals surface area contributed by atoms with Crippen LogP contribution >= 0.6 is 0 Å². The van der Waals surface area contributed by atoms with Gasteiger partial charge in [0.25, 0.3) is 0 Å². The quantitative estimate of drug-likeness (QED) is 0.854. The molecule has 1 saturated heterocycles. The summed E-state index contributed by atoms with van der Waals surface area (Å²) in [7, 11) is 1.61. The van der Waals surface area contributed by atoms with Crippen molar-refractivity contribution in [3.63, 3.8) is 0 Å². The van der Waals surface area contributed by atoms with E-state index in [1.54, 1.807) is 20.1 Å². The summed E-state index contributed by atoms with van der Waals surface area (Å²) in [6, 6.07) is 1.70. The van der Waals surface area contributed by atoms with Crippen molar-refractivity contribution in [3.05, 3.63) is 28.6 Å². The van der Waals surface area contributed by atoms with Crippen molar-refractivity contribution >= 4 is 0 Å².